The molecule has 0 radical (unpaired) electrons. The number of rotatable bonds is 10. The molecule has 0 fully saturated rings. The van der Waals surface area contributed by atoms with E-state index in [1.165, 1.54) is 18.2 Å². The Labute approximate surface area is 146 Å². The SMILES string of the molecule is CCCC[Se]CC(C#N)C(OC(=O)CC(C)C)c1ccccc1. The number of ether oxygens (including phenoxy) is 1. The van der Waals surface area contributed by atoms with Crippen LogP contribution in [0.2, 0.25) is 10.6 Å². The Bertz CT molecular complexity index is 496. The van der Waals surface area contributed by atoms with E-state index in [-0.39, 0.29) is 17.8 Å². The molecule has 0 aliphatic rings. The van der Waals surface area contributed by atoms with E-state index in [0.29, 0.717) is 21.4 Å². The van der Waals surface area contributed by atoms with Crippen molar-refractivity contribution < 1.29 is 9.53 Å². The van der Waals surface area contributed by atoms with Gasteiger partial charge in [0.15, 0.2) is 0 Å². The van der Waals surface area contributed by atoms with Gasteiger partial charge in [0.25, 0.3) is 0 Å². The maximum absolute atomic E-state index is 12.1. The second-order valence-corrected chi connectivity index (χ2v) is 8.50. The third-order valence-electron chi connectivity index (χ3n) is 3.43. The number of nitriles is 1. The van der Waals surface area contributed by atoms with Gasteiger partial charge in [0, 0.05) is 0 Å². The topological polar surface area (TPSA) is 50.1 Å². The summed E-state index contributed by atoms with van der Waals surface area (Å²) in [6.07, 6.45) is 2.34. The van der Waals surface area contributed by atoms with E-state index in [4.69, 9.17) is 4.74 Å². The number of carbonyl (C=O) groups is 1. The molecule has 23 heavy (non-hydrogen) atoms. The molecule has 4 heteroatoms. The third kappa shape index (κ3) is 7.68. The summed E-state index contributed by atoms with van der Waals surface area (Å²) < 4.78 is 5.71. The molecule has 0 amide bonds. The minimum absolute atomic E-state index is 0.213. The normalized spacial score (nSPS) is 13.3. The molecule has 2 unspecified atom stereocenters. The molecule has 0 saturated carbocycles. The number of hydrogen-bond donors (Lipinski definition) is 0. The molecule has 1 aromatic rings. The number of unbranched alkanes of at least 4 members (excludes halogenated alkanes) is 1. The fourth-order valence-corrected chi connectivity index (χ4v) is 4.64. The summed E-state index contributed by atoms with van der Waals surface area (Å²) in [6.45, 7) is 6.17. The van der Waals surface area contributed by atoms with Gasteiger partial charge >= 0.3 is 146 Å². The van der Waals surface area contributed by atoms with Gasteiger partial charge in [-0.2, -0.15) is 0 Å². The van der Waals surface area contributed by atoms with Crippen molar-refractivity contribution in [1.82, 2.24) is 0 Å². The first-order chi connectivity index (χ1) is 11.1. The zero-order chi connectivity index (χ0) is 17.1. The molecule has 3 nitrogen and oxygen atoms in total. The van der Waals surface area contributed by atoms with Gasteiger partial charge in [-0.05, 0) is 0 Å². The van der Waals surface area contributed by atoms with Gasteiger partial charge in [0.05, 0.1) is 0 Å². The van der Waals surface area contributed by atoms with Crippen molar-refractivity contribution in [3.8, 4) is 6.07 Å². The second-order valence-electron chi connectivity index (χ2n) is 6.08. The Morgan fingerprint density at radius 2 is 2.00 bits per heavy atom. The van der Waals surface area contributed by atoms with Crippen LogP contribution >= 0.6 is 0 Å². The molecule has 0 heterocycles. The number of hydrogen-bond acceptors (Lipinski definition) is 3. The average Bonchev–Trinajstić information content (AvgIpc) is 2.53. The summed E-state index contributed by atoms with van der Waals surface area (Å²) in [4.78, 5) is 12.1. The molecule has 0 bridgehead atoms. The number of nitrogens with zero attached hydrogens (tertiary/aromatic N) is 1. The monoisotopic (exact) mass is 381 g/mol. The number of carbonyl (C=O) groups excluding carboxylic acids is 1. The summed E-state index contributed by atoms with van der Waals surface area (Å²) in [7, 11) is 0. The molecule has 126 valence electrons. The molecule has 0 spiro atoms. The van der Waals surface area contributed by atoms with Crippen LogP contribution in [0.3, 0.4) is 0 Å². The summed E-state index contributed by atoms with van der Waals surface area (Å²) in [5.74, 6) is -0.214. The van der Waals surface area contributed by atoms with Gasteiger partial charge in [0.2, 0.25) is 0 Å². The molecule has 1 rings (SSSR count). The van der Waals surface area contributed by atoms with Crippen molar-refractivity contribution in [3.63, 3.8) is 0 Å². The van der Waals surface area contributed by atoms with Crippen molar-refractivity contribution in [2.45, 2.75) is 56.8 Å². The quantitative estimate of drug-likeness (QED) is 0.333. The van der Waals surface area contributed by atoms with Crippen molar-refractivity contribution >= 4 is 20.9 Å². The van der Waals surface area contributed by atoms with Crippen LogP contribution in [-0.4, -0.2) is 20.9 Å². The van der Waals surface area contributed by atoms with Gasteiger partial charge in [-0.25, -0.2) is 0 Å². The van der Waals surface area contributed by atoms with Crippen molar-refractivity contribution in [2.75, 3.05) is 0 Å². The van der Waals surface area contributed by atoms with E-state index >= 15 is 0 Å². The van der Waals surface area contributed by atoms with E-state index in [2.05, 4.69) is 13.0 Å². The minimum atomic E-state index is -0.448. The van der Waals surface area contributed by atoms with E-state index in [9.17, 15) is 10.1 Å². The van der Waals surface area contributed by atoms with E-state index in [0.717, 1.165) is 10.9 Å². The van der Waals surface area contributed by atoms with Gasteiger partial charge in [-0.3, -0.25) is 0 Å². The summed E-state index contributed by atoms with van der Waals surface area (Å²) in [6, 6.07) is 12.0. The first-order valence-corrected chi connectivity index (χ1v) is 10.7. The van der Waals surface area contributed by atoms with Crippen LogP contribution in [0.5, 0.6) is 0 Å². The van der Waals surface area contributed by atoms with Crippen LogP contribution in [0.25, 0.3) is 0 Å². The molecule has 0 aliphatic carbocycles. The molecule has 1 aromatic carbocycles. The summed E-state index contributed by atoms with van der Waals surface area (Å²) in [5, 5.41) is 11.6. The standard InChI is InChI=1S/C19H27NO2Se/c1-4-5-11-23-14-17(13-20)19(16-9-7-6-8-10-16)22-18(21)12-15(2)3/h6-10,15,17,19H,4-5,11-12,14H2,1-3H3. The van der Waals surface area contributed by atoms with E-state index in [1.54, 1.807) is 0 Å². The van der Waals surface area contributed by atoms with Crippen LogP contribution in [0.1, 0.15) is 51.7 Å². The first kappa shape index (κ1) is 19.7. The Kier molecular flexibility index (Phi) is 9.67. The molecular formula is C19H27NO2Se. The predicted octanol–water partition coefficient (Wildman–Crippen LogP) is 4.80. The van der Waals surface area contributed by atoms with Crippen LogP contribution in [0, 0.1) is 23.2 Å². The second kappa shape index (κ2) is 11.3. The van der Waals surface area contributed by atoms with Gasteiger partial charge in [-0.1, -0.05) is 0 Å². The van der Waals surface area contributed by atoms with E-state index < -0.39 is 6.10 Å². The molecule has 0 saturated heterocycles. The Balaban J connectivity index is 2.80. The first-order valence-electron chi connectivity index (χ1n) is 8.30. The molecular weight excluding hydrogens is 353 g/mol. The molecule has 0 aliphatic heterocycles. The van der Waals surface area contributed by atoms with Gasteiger partial charge in [-0.15, -0.1) is 0 Å². The Morgan fingerprint density at radius 3 is 2.57 bits per heavy atom. The summed E-state index contributed by atoms with van der Waals surface area (Å²) >= 11 is 0.424. The van der Waals surface area contributed by atoms with Crippen molar-refractivity contribution in [1.29, 1.82) is 5.26 Å². The number of esters is 1. The fraction of sp³-hybridized carbons (Fsp3) is 0.579. The number of benzene rings is 1. The molecule has 0 N–H and O–H groups in total. The molecule has 2 atom stereocenters. The average molecular weight is 380 g/mol. The Hall–Kier alpha value is -1.30. The van der Waals surface area contributed by atoms with Crippen LogP contribution in [0.15, 0.2) is 30.3 Å². The zero-order valence-corrected chi connectivity index (χ0v) is 16.0. The van der Waals surface area contributed by atoms with Crippen LogP contribution in [-0.2, 0) is 9.53 Å². The van der Waals surface area contributed by atoms with Crippen LogP contribution < -0.4 is 0 Å². The van der Waals surface area contributed by atoms with Gasteiger partial charge in [0.1, 0.15) is 0 Å². The zero-order valence-electron chi connectivity index (χ0n) is 14.3. The predicted molar refractivity (Wildman–Crippen MR) is 94.1 cm³/mol. The maximum atomic E-state index is 12.1. The van der Waals surface area contributed by atoms with Gasteiger partial charge < -0.3 is 0 Å². The van der Waals surface area contributed by atoms with Crippen molar-refractivity contribution in [3.05, 3.63) is 35.9 Å². The third-order valence-corrected chi connectivity index (χ3v) is 5.89. The van der Waals surface area contributed by atoms with E-state index in [1.807, 2.05) is 44.2 Å². The summed E-state index contributed by atoms with van der Waals surface area (Å²) in [5.41, 5.74) is 0.919. The van der Waals surface area contributed by atoms with Crippen molar-refractivity contribution in [2.24, 2.45) is 11.8 Å². The van der Waals surface area contributed by atoms with Crippen LogP contribution in [0.4, 0.5) is 0 Å². The molecule has 0 aromatic heterocycles. The fourth-order valence-electron chi connectivity index (χ4n) is 2.20. The Morgan fingerprint density at radius 1 is 1.30 bits per heavy atom.